The van der Waals surface area contributed by atoms with E-state index in [1.54, 1.807) is 0 Å². The second-order valence-corrected chi connectivity index (χ2v) is 4.19. The number of piperidine rings is 1. The fourth-order valence-corrected chi connectivity index (χ4v) is 2.22. The van der Waals surface area contributed by atoms with Crippen LogP contribution in [0, 0.1) is 17.2 Å². The molecule has 1 aromatic rings. The summed E-state index contributed by atoms with van der Waals surface area (Å²) in [5, 5.41) is 12.4. The summed E-state index contributed by atoms with van der Waals surface area (Å²) in [7, 11) is 0. The highest BCUT2D eigenvalue weighted by Crippen LogP contribution is 2.18. The number of nitrogens with zero attached hydrogens (tertiary/aromatic N) is 1. The fraction of sp³-hybridized carbons (Fsp3) is 0.462. The van der Waals surface area contributed by atoms with Crippen molar-refractivity contribution in [1.29, 1.82) is 5.26 Å². The van der Waals surface area contributed by atoms with Crippen LogP contribution in [0.15, 0.2) is 24.3 Å². The van der Waals surface area contributed by atoms with Gasteiger partial charge in [-0.1, -0.05) is 18.2 Å². The van der Waals surface area contributed by atoms with Crippen molar-refractivity contribution >= 4 is 0 Å². The molecule has 1 N–H and O–H groups in total. The Balaban J connectivity index is 2.06. The molecule has 2 heteroatoms. The minimum atomic E-state index is 0.702. The number of nitrogens with one attached hydrogen (secondary N) is 1. The Labute approximate surface area is 90.9 Å². The van der Waals surface area contributed by atoms with Crippen molar-refractivity contribution in [3.05, 3.63) is 35.4 Å². The van der Waals surface area contributed by atoms with E-state index in [9.17, 15) is 0 Å². The number of hydrogen-bond donors (Lipinski definition) is 1. The first kappa shape index (κ1) is 10.2. The first-order valence-corrected chi connectivity index (χ1v) is 5.59. The molecule has 1 aliphatic rings. The molecule has 1 heterocycles. The van der Waals surface area contributed by atoms with E-state index in [2.05, 4.69) is 17.5 Å². The molecule has 1 saturated heterocycles. The largest absolute Gasteiger partial charge is 0.316 e. The van der Waals surface area contributed by atoms with Crippen LogP contribution < -0.4 is 5.32 Å². The van der Waals surface area contributed by atoms with Gasteiger partial charge in [-0.3, -0.25) is 0 Å². The van der Waals surface area contributed by atoms with Crippen LogP contribution in [0.5, 0.6) is 0 Å². The molecule has 2 rings (SSSR count). The lowest BCUT2D eigenvalue weighted by atomic mass is 9.90. The number of nitriles is 1. The maximum absolute atomic E-state index is 8.98. The number of rotatable bonds is 2. The van der Waals surface area contributed by atoms with Crippen molar-refractivity contribution in [3.63, 3.8) is 0 Å². The van der Waals surface area contributed by atoms with Crippen molar-refractivity contribution in [3.8, 4) is 6.07 Å². The van der Waals surface area contributed by atoms with Gasteiger partial charge in [0.05, 0.1) is 11.6 Å². The van der Waals surface area contributed by atoms with E-state index < -0.39 is 0 Å². The molecule has 1 fully saturated rings. The van der Waals surface area contributed by atoms with Gasteiger partial charge in [0.2, 0.25) is 0 Å². The Bertz CT molecular complexity index is 359. The summed E-state index contributed by atoms with van der Waals surface area (Å²) < 4.78 is 0. The van der Waals surface area contributed by atoms with Gasteiger partial charge in [-0.05, 0) is 49.9 Å². The molecule has 0 radical (unpaired) electrons. The van der Waals surface area contributed by atoms with Crippen LogP contribution >= 0.6 is 0 Å². The van der Waals surface area contributed by atoms with Crippen molar-refractivity contribution in [2.75, 3.05) is 13.1 Å². The second-order valence-electron chi connectivity index (χ2n) is 4.19. The summed E-state index contributed by atoms with van der Waals surface area (Å²) in [6, 6.07) is 10.2. The molecule has 15 heavy (non-hydrogen) atoms. The monoisotopic (exact) mass is 200 g/mol. The second kappa shape index (κ2) is 4.95. The van der Waals surface area contributed by atoms with Gasteiger partial charge in [0, 0.05) is 0 Å². The van der Waals surface area contributed by atoms with E-state index in [0.29, 0.717) is 5.92 Å². The lowest BCUT2D eigenvalue weighted by Gasteiger charge is -2.22. The molecule has 0 amide bonds. The molecule has 0 aliphatic carbocycles. The average Bonchev–Trinajstić information content (AvgIpc) is 2.31. The highest BCUT2D eigenvalue weighted by atomic mass is 14.9. The molecule has 0 unspecified atom stereocenters. The zero-order valence-corrected chi connectivity index (χ0v) is 8.87. The maximum Gasteiger partial charge on any atom is 0.0994 e. The Morgan fingerprint density at radius 1 is 1.40 bits per heavy atom. The van der Waals surface area contributed by atoms with Gasteiger partial charge in [0.15, 0.2) is 0 Å². The Kier molecular flexibility index (Phi) is 3.37. The normalized spacial score (nSPS) is 20.9. The van der Waals surface area contributed by atoms with Gasteiger partial charge in [-0.25, -0.2) is 0 Å². The lowest BCUT2D eigenvalue weighted by Crippen LogP contribution is -2.30. The summed E-state index contributed by atoms with van der Waals surface area (Å²) in [6.45, 7) is 2.25. The summed E-state index contributed by atoms with van der Waals surface area (Å²) in [6.07, 6.45) is 3.59. The van der Waals surface area contributed by atoms with Gasteiger partial charge in [0.1, 0.15) is 0 Å². The summed E-state index contributed by atoms with van der Waals surface area (Å²) >= 11 is 0. The third-order valence-corrected chi connectivity index (χ3v) is 3.05. The predicted octanol–water partition coefficient (Wildman–Crippen LogP) is 2.10. The molecule has 1 aliphatic heterocycles. The van der Waals surface area contributed by atoms with Gasteiger partial charge in [0.25, 0.3) is 0 Å². The third kappa shape index (κ3) is 2.57. The Morgan fingerprint density at radius 2 is 2.27 bits per heavy atom. The van der Waals surface area contributed by atoms with Crippen LogP contribution in [0.1, 0.15) is 24.0 Å². The Morgan fingerprint density at radius 3 is 3.00 bits per heavy atom. The molecule has 0 aromatic heterocycles. The highest BCUT2D eigenvalue weighted by molar-refractivity contribution is 5.37. The molecule has 1 atom stereocenters. The van der Waals surface area contributed by atoms with E-state index in [4.69, 9.17) is 5.26 Å². The fourth-order valence-electron chi connectivity index (χ4n) is 2.22. The van der Waals surface area contributed by atoms with Crippen molar-refractivity contribution in [1.82, 2.24) is 5.32 Å². The minimum Gasteiger partial charge on any atom is -0.316 e. The first-order chi connectivity index (χ1) is 7.40. The minimum absolute atomic E-state index is 0.702. The molecule has 0 bridgehead atoms. The standard InChI is InChI=1S/C13H16N2/c14-9-13-6-2-1-5-12(13)8-11-4-3-7-15-10-11/h1-2,5-6,11,15H,3-4,7-8,10H2/t11-/m1/s1. The summed E-state index contributed by atoms with van der Waals surface area (Å²) in [5.74, 6) is 0.702. The number of hydrogen-bond acceptors (Lipinski definition) is 2. The van der Waals surface area contributed by atoms with Crippen molar-refractivity contribution in [2.24, 2.45) is 5.92 Å². The van der Waals surface area contributed by atoms with E-state index >= 15 is 0 Å². The maximum atomic E-state index is 8.98. The molecule has 78 valence electrons. The predicted molar refractivity (Wildman–Crippen MR) is 60.5 cm³/mol. The first-order valence-electron chi connectivity index (χ1n) is 5.59. The quantitative estimate of drug-likeness (QED) is 0.793. The van der Waals surface area contributed by atoms with E-state index in [1.165, 1.54) is 18.4 Å². The van der Waals surface area contributed by atoms with Crippen LogP contribution in [0.25, 0.3) is 0 Å². The van der Waals surface area contributed by atoms with Crippen LogP contribution in [0.2, 0.25) is 0 Å². The van der Waals surface area contributed by atoms with Crippen molar-refractivity contribution < 1.29 is 0 Å². The summed E-state index contributed by atoms with van der Waals surface area (Å²) in [5.41, 5.74) is 2.04. The smallest absolute Gasteiger partial charge is 0.0994 e. The van der Waals surface area contributed by atoms with Crippen LogP contribution in [0.4, 0.5) is 0 Å². The molecule has 2 nitrogen and oxygen atoms in total. The van der Waals surface area contributed by atoms with Crippen LogP contribution in [-0.2, 0) is 6.42 Å². The lowest BCUT2D eigenvalue weighted by molar-refractivity contribution is 0.376. The topological polar surface area (TPSA) is 35.8 Å². The van der Waals surface area contributed by atoms with Crippen molar-refractivity contribution in [2.45, 2.75) is 19.3 Å². The van der Waals surface area contributed by atoms with Crippen LogP contribution in [-0.4, -0.2) is 13.1 Å². The van der Waals surface area contributed by atoms with E-state index in [1.807, 2.05) is 18.2 Å². The average molecular weight is 200 g/mol. The Hall–Kier alpha value is -1.33. The highest BCUT2D eigenvalue weighted by Gasteiger charge is 2.14. The van der Waals surface area contributed by atoms with Gasteiger partial charge in [-0.15, -0.1) is 0 Å². The summed E-state index contributed by atoms with van der Waals surface area (Å²) in [4.78, 5) is 0. The van der Waals surface area contributed by atoms with Gasteiger partial charge in [-0.2, -0.15) is 5.26 Å². The zero-order chi connectivity index (χ0) is 10.5. The van der Waals surface area contributed by atoms with Gasteiger partial charge < -0.3 is 5.32 Å². The van der Waals surface area contributed by atoms with Crippen LogP contribution in [0.3, 0.4) is 0 Å². The molecular weight excluding hydrogens is 184 g/mol. The molecule has 0 spiro atoms. The molecule has 0 saturated carbocycles. The van der Waals surface area contributed by atoms with E-state index in [0.717, 1.165) is 25.1 Å². The third-order valence-electron chi connectivity index (χ3n) is 3.05. The van der Waals surface area contributed by atoms with E-state index in [-0.39, 0.29) is 0 Å². The molecular formula is C13H16N2. The SMILES string of the molecule is N#Cc1ccccc1C[C@H]1CCCNC1. The molecule has 1 aromatic carbocycles. The van der Waals surface area contributed by atoms with Gasteiger partial charge >= 0.3 is 0 Å². The number of benzene rings is 1. The zero-order valence-electron chi connectivity index (χ0n) is 8.87.